The molecule has 0 bridgehead atoms. The number of hydrogen-bond donors (Lipinski definition) is 0. The molecule has 0 radical (unpaired) electrons. The van der Waals surface area contributed by atoms with Crippen molar-refractivity contribution in [3.05, 3.63) is 35.9 Å². The third-order valence-electron chi connectivity index (χ3n) is 2.80. The van der Waals surface area contributed by atoms with E-state index in [1.807, 2.05) is 6.07 Å². The molecule has 0 fully saturated rings. The predicted molar refractivity (Wildman–Crippen MR) is 82.9 cm³/mol. The standard InChI is InChI=1S/C9H13N.C8H18/c1-10(2)8-9-6-4-3-5-7-9;1-3-5-7-8-6-4-2/h3-7H,8H2,1-2H3;3-8H2,1-2H3. The molecule has 0 aliphatic heterocycles. The Hall–Kier alpha value is -0.820. The third kappa shape index (κ3) is 11.7. The van der Waals surface area contributed by atoms with Crippen molar-refractivity contribution in [2.24, 2.45) is 0 Å². The normalized spacial score (nSPS) is 10.1. The molecule has 18 heavy (non-hydrogen) atoms. The van der Waals surface area contributed by atoms with Gasteiger partial charge in [-0.25, -0.2) is 0 Å². The van der Waals surface area contributed by atoms with Gasteiger partial charge in [0.25, 0.3) is 0 Å². The van der Waals surface area contributed by atoms with Crippen LogP contribution < -0.4 is 0 Å². The molecule has 0 amide bonds. The molecule has 1 aromatic rings. The van der Waals surface area contributed by atoms with Crippen LogP contribution in [0.2, 0.25) is 0 Å². The Labute approximate surface area is 114 Å². The molecule has 1 aromatic carbocycles. The first-order valence-electron chi connectivity index (χ1n) is 7.39. The Morgan fingerprint density at radius 3 is 1.67 bits per heavy atom. The molecular formula is C17H31N. The van der Waals surface area contributed by atoms with Crippen molar-refractivity contribution in [2.45, 2.75) is 58.9 Å². The Balaban J connectivity index is 0.000000331. The van der Waals surface area contributed by atoms with E-state index < -0.39 is 0 Å². The summed E-state index contributed by atoms with van der Waals surface area (Å²) >= 11 is 0. The number of nitrogens with zero attached hydrogens (tertiary/aromatic N) is 1. The van der Waals surface area contributed by atoms with E-state index in [1.165, 1.54) is 44.1 Å². The van der Waals surface area contributed by atoms with E-state index in [1.54, 1.807) is 0 Å². The molecule has 0 aromatic heterocycles. The van der Waals surface area contributed by atoms with Gasteiger partial charge in [-0.2, -0.15) is 0 Å². The van der Waals surface area contributed by atoms with Gasteiger partial charge in [-0.15, -0.1) is 0 Å². The van der Waals surface area contributed by atoms with Gasteiger partial charge in [0.15, 0.2) is 0 Å². The van der Waals surface area contributed by atoms with Gasteiger partial charge in [-0.1, -0.05) is 82.7 Å². The summed E-state index contributed by atoms with van der Waals surface area (Å²) in [5.41, 5.74) is 1.37. The maximum absolute atomic E-state index is 2.26. The summed E-state index contributed by atoms with van der Waals surface area (Å²) in [5, 5.41) is 0. The molecule has 1 nitrogen and oxygen atoms in total. The number of benzene rings is 1. The number of hydrogen-bond acceptors (Lipinski definition) is 1. The quantitative estimate of drug-likeness (QED) is 0.607. The molecule has 0 heterocycles. The third-order valence-corrected chi connectivity index (χ3v) is 2.80. The van der Waals surface area contributed by atoms with Crippen LogP contribution in [0, 0.1) is 0 Å². The highest BCUT2D eigenvalue weighted by atomic mass is 15.0. The summed E-state index contributed by atoms with van der Waals surface area (Å²) in [6.45, 7) is 5.54. The average molecular weight is 249 g/mol. The number of unbranched alkanes of at least 4 members (excludes halogenated alkanes) is 5. The van der Waals surface area contributed by atoms with Crippen molar-refractivity contribution < 1.29 is 0 Å². The first-order chi connectivity index (χ1) is 8.70. The van der Waals surface area contributed by atoms with Crippen LogP contribution in [0.1, 0.15) is 57.9 Å². The second kappa shape index (κ2) is 12.6. The monoisotopic (exact) mass is 249 g/mol. The summed E-state index contributed by atoms with van der Waals surface area (Å²) in [4.78, 5) is 2.16. The van der Waals surface area contributed by atoms with Gasteiger partial charge in [0.05, 0.1) is 0 Å². The van der Waals surface area contributed by atoms with Crippen LogP contribution >= 0.6 is 0 Å². The van der Waals surface area contributed by atoms with E-state index in [0.29, 0.717) is 0 Å². The largest absolute Gasteiger partial charge is 0.305 e. The lowest BCUT2D eigenvalue weighted by Crippen LogP contribution is -2.10. The average Bonchev–Trinajstić information content (AvgIpc) is 2.36. The van der Waals surface area contributed by atoms with Crippen LogP contribution in [0.3, 0.4) is 0 Å². The Morgan fingerprint density at radius 2 is 1.28 bits per heavy atom. The van der Waals surface area contributed by atoms with Crippen molar-refractivity contribution in [1.82, 2.24) is 4.90 Å². The maximum Gasteiger partial charge on any atom is 0.0227 e. The Bertz CT molecular complexity index is 248. The summed E-state index contributed by atoms with van der Waals surface area (Å²) in [5.74, 6) is 0. The van der Waals surface area contributed by atoms with E-state index in [-0.39, 0.29) is 0 Å². The lowest BCUT2D eigenvalue weighted by atomic mass is 10.1. The van der Waals surface area contributed by atoms with Crippen molar-refractivity contribution in [3.8, 4) is 0 Å². The van der Waals surface area contributed by atoms with Crippen LogP contribution in [-0.4, -0.2) is 19.0 Å². The van der Waals surface area contributed by atoms with E-state index in [2.05, 4.69) is 57.1 Å². The van der Waals surface area contributed by atoms with Crippen LogP contribution in [0.25, 0.3) is 0 Å². The molecule has 0 unspecified atom stereocenters. The Kier molecular flexibility index (Phi) is 12.1. The zero-order valence-electron chi connectivity index (χ0n) is 12.8. The van der Waals surface area contributed by atoms with Crippen LogP contribution in [0.5, 0.6) is 0 Å². The summed E-state index contributed by atoms with van der Waals surface area (Å²) < 4.78 is 0. The Morgan fingerprint density at radius 1 is 0.778 bits per heavy atom. The minimum atomic E-state index is 1.03. The molecule has 0 aliphatic carbocycles. The van der Waals surface area contributed by atoms with E-state index in [4.69, 9.17) is 0 Å². The molecule has 0 atom stereocenters. The molecule has 0 saturated heterocycles. The van der Waals surface area contributed by atoms with Crippen LogP contribution in [0.15, 0.2) is 30.3 Å². The fourth-order valence-electron chi connectivity index (χ4n) is 1.80. The molecule has 0 aliphatic rings. The zero-order chi connectivity index (χ0) is 13.6. The smallest absolute Gasteiger partial charge is 0.0227 e. The summed E-state index contributed by atoms with van der Waals surface area (Å²) in [6.07, 6.45) is 8.49. The molecule has 0 saturated carbocycles. The lowest BCUT2D eigenvalue weighted by Gasteiger charge is -2.08. The summed E-state index contributed by atoms with van der Waals surface area (Å²) in [6, 6.07) is 10.5. The van der Waals surface area contributed by atoms with Gasteiger partial charge in [-0.05, 0) is 19.7 Å². The topological polar surface area (TPSA) is 3.24 Å². The van der Waals surface area contributed by atoms with Crippen molar-refractivity contribution in [3.63, 3.8) is 0 Å². The minimum Gasteiger partial charge on any atom is -0.305 e. The second-order valence-electron chi connectivity index (χ2n) is 5.14. The maximum atomic E-state index is 2.26. The van der Waals surface area contributed by atoms with E-state index in [0.717, 1.165) is 6.54 Å². The minimum absolute atomic E-state index is 1.03. The van der Waals surface area contributed by atoms with Crippen LogP contribution in [-0.2, 0) is 6.54 Å². The molecule has 1 rings (SSSR count). The predicted octanol–water partition coefficient (Wildman–Crippen LogP) is 5.12. The highest BCUT2D eigenvalue weighted by Gasteiger charge is 1.90. The molecule has 104 valence electrons. The first kappa shape index (κ1) is 17.2. The van der Waals surface area contributed by atoms with Gasteiger partial charge >= 0.3 is 0 Å². The molecule has 0 spiro atoms. The molecule has 1 heteroatoms. The molecule has 0 N–H and O–H groups in total. The van der Waals surface area contributed by atoms with Crippen molar-refractivity contribution in [2.75, 3.05) is 14.1 Å². The number of rotatable bonds is 7. The highest BCUT2D eigenvalue weighted by Crippen LogP contribution is 2.03. The van der Waals surface area contributed by atoms with Gasteiger partial charge < -0.3 is 4.90 Å². The van der Waals surface area contributed by atoms with Gasteiger partial charge in [-0.3, -0.25) is 0 Å². The van der Waals surface area contributed by atoms with Crippen molar-refractivity contribution >= 4 is 0 Å². The summed E-state index contributed by atoms with van der Waals surface area (Å²) in [7, 11) is 4.15. The highest BCUT2D eigenvalue weighted by molar-refractivity contribution is 5.14. The fourth-order valence-corrected chi connectivity index (χ4v) is 1.80. The zero-order valence-corrected chi connectivity index (χ0v) is 12.8. The second-order valence-corrected chi connectivity index (χ2v) is 5.14. The van der Waals surface area contributed by atoms with Gasteiger partial charge in [0.1, 0.15) is 0 Å². The van der Waals surface area contributed by atoms with Crippen LogP contribution in [0.4, 0.5) is 0 Å². The molecular weight excluding hydrogens is 218 g/mol. The lowest BCUT2D eigenvalue weighted by molar-refractivity contribution is 0.402. The first-order valence-corrected chi connectivity index (χ1v) is 7.39. The van der Waals surface area contributed by atoms with Gasteiger partial charge in [0, 0.05) is 6.54 Å². The van der Waals surface area contributed by atoms with Gasteiger partial charge in [0.2, 0.25) is 0 Å². The SMILES string of the molecule is CCCCCCCC.CN(C)Cc1ccccc1. The fraction of sp³-hybridized carbons (Fsp3) is 0.647. The van der Waals surface area contributed by atoms with E-state index in [9.17, 15) is 0 Å². The van der Waals surface area contributed by atoms with E-state index >= 15 is 0 Å². The van der Waals surface area contributed by atoms with Crippen molar-refractivity contribution in [1.29, 1.82) is 0 Å².